The Kier molecular flexibility index (Phi) is 7.59. The molecule has 0 spiro atoms. The molecule has 0 bridgehead atoms. The van der Waals surface area contributed by atoms with Crippen molar-refractivity contribution in [2.24, 2.45) is 0 Å². The Morgan fingerprint density at radius 2 is 1.91 bits per heavy atom. The maximum absolute atomic E-state index is 12.9. The van der Waals surface area contributed by atoms with Crippen molar-refractivity contribution in [2.75, 3.05) is 31.6 Å². The van der Waals surface area contributed by atoms with Gasteiger partial charge in [-0.25, -0.2) is 4.79 Å². The topological polar surface area (TPSA) is 106 Å². The molecule has 1 aromatic heterocycles. The summed E-state index contributed by atoms with van der Waals surface area (Å²) >= 11 is 0. The first-order valence-electron chi connectivity index (χ1n) is 10.5. The van der Waals surface area contributed by atoms with Crippen LogP contribution < -0.4 is 15.8 Å². The van der Waals surface area contributed by atoms with Crippen LogP contribution in [0.15, 0.2) is 45.6 Å². The van der Waals surface area contributed by atoms with Crippen LogP contribution >= 0.6 is 0 Å². The van der Waals surface area contributed by atoms with Crippen molar-refractivity contribution in [2.45, 2.75) is 26.2 Å². The molecule has 1 N–H and O–H groups in total. The van der Waals surface area contributed by atoms with Crippen LogP contribution in [0.2, 0.25) is 0 Å². The summed E-state index contributed by atoms with van der Waals surface area (Å²) in [6.07, 6.45) is 5.99. The smallest absolute Gasteiger partial charge is 0.349 e. The number of aryl methyl sites for hydroxylation is 1. The highest BCUT2D eigenvalue weighted by atomic mass is 16.5. The molecule has 0 unspecified atom stereocenters. The number of ether oxygens (including phenoxy) is 1. The van der Waals surface area contributed by atoms with Gasteiger partial charge in [0.25, 0.3) is 5.91 Å². The third kappa shape index (κ3) is 5.72. The van der Waals surface area contributed by atoms with Crippen molar-refractivity contribution >= 4 is 29.4 Å². The van der Waals surface area contributed by atoms with Gasteiger partial charge in [-0.3, -0.25) is 14.4 Å². The minimum absolute atomic E-state index is 0.0146. The van der Waals surface area contributed by atoms with Gasteiger partial charge in [0, 0.05) is 24.7 Å². The van der Waals surface area contributed by atoms with Crippen LogP contribution in [0.5, 0.6) is 0 Å². The molecule has 1 amide bonds. The van der Waals surface area contributed by atoms with Crippen LogP contribution in [0.1, 0.15) is 51.3 Å². The maximum atomic E-state index is 12.9. The van der Waals surface area contributed by atoms with Gasteiger partial charge in [-0.15, -0.1) is 0 Å². The Morgan fingerprint density at radius 3 is 2.62 bits per heavy atom. The zero-order chi connectivity index (χ0) is 23.1. The molecule has 1 aliphatic heterocycles. The molecular formula is C24H26N2O6. The second-order valence-electron chi connectivity index (χ2n) is 7.53. The van der Waals surface area contributed by atoms with E-state index >= 15 is 0 Å². The minimum atomic E-state index is -0.656. The van der Waals surface area contributed by atoms with Gasteiger partial charge in [0.15, 0.2) is 5.78 Å². The zero-order valence-corrected chi connectivity index (χ0v) is 18.2. The Bertz CT molecular complexity index is 1100. The highest BCUT2D eigenvalue weighted by Crippen LogP contribution is 2.24. The van der Waals surface area contributed by atoms with E-state index in [0.29, 0.717) is 22.6 Å². The molecule has 3 rings (SSSR count). The summed E-state index contributed by atoms with van der Waals surface area (Å²) < 4.78 is 9.69. The number of rotatable bonds is 7. The van der Waals surface area contributed by atoms with Gasteiger partial charge in [0.2, 0.25) is 0 Å². The molecule has 1 aromatic carbocycles. The number of nitrogens with zero attached hydrogens (tertiary/aromatic N) is 1. The lowest BCUT2D eigenvalue weighted by molar-refractivity contribution is -0.139. The Morgan fingerprint density at radius 1 is 1.16 bits per heavy atom. The number of carbonyl (C=O) groups is 3. The quantitative estimate of drug-likeness (QED) is 0.402. The molecule has 1 fully saturated rings. The number of benzene rings is 1. The molecule has 168 valence electrons. The predicted octanol–water partition coefficient (Wildman–Crippen LogP) is 2.74. The molecule has 2 aromatic rings. The molecule has 2 heterocycles. The molecule has 0 saturated carbocycles. The molecule has 8 nitrogen and oxygen atoms in total. The van der Waals surface area contributed by atoms with Gasteiger partial charge in [-0.05, 0) is 50.0 Å². The number of nitrogens with one attached hydrogen (secondary N) is 1. The molecule has 8 heteroatoms. The fourth-order valence-electron chi connectivity index (χ4n) is 3.57. The Hall–Kier alpha value is -3.68. The molecule has 0 aliphatic carbocycles. The van der Waals surface area contributed by atoms with Crippen LogP contribution in [-0.2, 0) is 9.53 Å². The lowest BCUT2D eigenvalue weighted by Crippen LogP contribution is -2.32. The fourth-order valence-corrected chi connectivity index (χ4v) is 3.57. The van der Waals surface area contributed by atoms with Gasteiger partial charge in [0.05, 0.1) is 12.8 Å². The average Bonchev–Trinajstić information content (AvgIpc) is 2.81. The largest absolute Gasteiger partial charge is 0.468 e. The summed E-state index contributed by atoms with van der Waals surface area (Å²) in [5.74, 6) is -0.994. The van der Waals surface area contributed by atoms with E-state index in [9.17, 15) is 19.2 Å². The molecule has 32 heavy (non-hydrogen) atoms. The van der Waals surface area contributed by atoms with E-state index in [1.165, 1.54) is 13.2 Å². The minimum Gasteiger partial charge on any atom is -0.468 e. The number of carbonyl (C=O) groups excluding carboxylic acids is 3. The summed E-state index contributed by atoms with van der Waals surface area (Å²) in [6.45, 7) is 3.03. The van der Waals surface area contributed by atoms with Crippen LogP contribution in [0, 0.1) is 6.92 Å². The summed E-state index contributed by atoms with van der Waals surface area (Å²) in [7, 11) is 1.24. The van der Waals surface area contributed by atoms with Gasteiger partial charge in [0.1, 0.15) is 17.9 Å². The molecule has 1 aliphatic rings. The highest BCUT2D eigenvalue weighted by molar-refractivity contribution is 6.10. The number of anilines is 1. The Labute approximate surface area is 185 Å². The average molecular weight is 438 g/mol. The number of allylic oxidation sites excluding steroid dienone is 1. The van der Waals surface area contributed by atoms with Gasteiger partial charge >= 0.3 is 11.6 Å². The van der Waals surface area contributed by atoms with Crippen LogP contribution in [-0.4, -0.2) is 44.4 Å². The van der Waals surface area contributed by atoms with Crippen LogP contribution in [0.4, 0.5) is 5.69 Å². The summed E-state index contributed by atoms with van der Waals surface area (Å²) in [5.41, 5.74) is 0.883. The molecule has 1 saturated heterocycles. The van der Waals surface area contributed by atoms with Crippen molar-refractivity contribution in [3.8, 4) is 0 Å². The number of ketones is 1. The van der Waals surface area contributed by atoms with Crippen molar-refractivity contribution < 1.29 is 23.5 Å². The van der Waals surface area contributed by atoms with Crippen LogP contribution in [0.3, 0.4) is 0 Å². The Balaban J connectivity index is 1.80. The van der Waals surface area contributed by atoms with Crippen molar-refractivity contribution in [3.05, 3.63) is 69.3 Å². The summed E-state index contributed by atoms with van der Waals surface area (Å²) in [4.78, 5) is 50.9. The van der Waals surface area contributed by atoms with E-state index < -0.39 is 23.3 Å². The van der Waals surface area contributed by atoms with Crippen molar-refractivity contribution in [1.82, 2.24) is 5.32 Å². The summed E-state index contributed by atoms with van der Waals surface area (Å²) in [6, 6.07) is 8.30. The second-order valence-corrected chi connectivity index (χ2v) is 7.53. The van der Waals surface area contributed by atoms with E-state index in [1.807, 2.05) is 0 Å². The van der Waals surface area contributed by atoms with E-state index in [0.717, 1.165) is 32.4 Å². The lowest BCUT2D eigenvalue weighted by Gasteiger charge is -2.29. The van der Waals surface area contributed by atoms with E-state index in [2.05, 4.69) is 15.0 Å². The highest BCUT2D eigenvalue weighted by Gasteiger charge is 2.22. The third-order valence-corrected chi connectivity index (χ3v) is 5.19. The second kappa shape index (κ2) is 10.6. The predicted molar refractivity (Wildman–Crippen MR) is 120 cm³/mol. The molecule has 0 radical (unpaired) electrons. The SMILES string of the molecule is COC(=O)CNC(=O)c1cccc(C=CC(=O)c2c(N3CCCCC3)cc(C)oc2=O)c1. The number of hydrogen-bond donors (Lipinski definition) is 1. The number of hydrogen-bond acceptors (Lipinski definition) is 7. The van der Waals surface area contributed by atoms with E-state index in [-0.39, 0.29) is 12.1 Å². The number of methoxy groups -OCH3 is 1. The number of piperidine rings is 1. The monoisotopic (exact) mass is 438 g/mol. The lowest BCUT2D eigenvalue weighted by atomic mass is 10.0. The number of esters is 1. The molecule has 0 atom stereocenters. The van der Waals surface area contributed by atoms with Gasteiger partial charge in [-0.1, -0.05) is 18.2 Å². The van der Waals surface area contributed by atoms with E-state index in [4.69, 9.17) is 4.42 Å². The zero-order valence-electron chi connectivity index (χ0n) is 18.2. The van der Waals surface area contributed by atoms with Crippen molar-refractivity contribution in [3.63, 3.8) is 0 Å². The van der Waals surface area contributed by atoms with Crippen LogP contribution in [0.25, 0.3) is 6.08 Å². The standard InChI is InChI=1S/C24H26N2O6/c1-16-13-19(26-11-4-3-5-12-26)22(24(30)32-16)20(27)10-9-17-7-6-8-18(14-17)23(29)25-15-21(28)31-2/h6-10,13-14H,3-5,11-12,15H2,1-2H3,(H,25,29). The maximum Gasteiger partial charge on any atom is 0.349 e. The molecular weight excluding hydrogens is 412 g/mol. The number of amides is 1. The first-order chi connectivity index (χ1) is 15.4. The summed E-state index contributed by atoms with van der Waals surface area (Å²) in [5, 5.41) is 2.46. The normalized spacial score (nSPS) is 13.8. The first-order valence-corrected chi connectivity index (χ1v) is 10.5. The fraction of sp³-hybridized carbons (Fsp3) is 0.333. The van der Waals surface area contributed by atoms with E-state index in [1.54, 1.807) is 43.3 Å². The van der Waals surface area contributed by atoms with Gasteiger partial charge in [-0.2, -0.15) is 0 Å². The third-order valence-electron chi connectivity index (χ3n) is 5.19. The van der Waals surface area contributed by atoms with Gasteiger partial charge < -0.3 is 19.4 Å². The first kappa shape index (κ1) is 23.0. The van der Waals surface area contributed by atoms with Crippen molar-refractivity contribution in [1.29, 1.82) is 0 Å².